The summed E-state index contributed by atoms with van der Waals surface area (Å²) in [4.78, 5) is 12.4. The topological polar surface area (TPSA) is 148 Å². The zero-order valence-electron chi connectivity index (χ0n) is 15.4. The van der Waals surface area contributed by atoms with Crippen molar-refractivity contribution in [1.82, 2.24) is 0 Å². The Balaban J connectivity index is 1.54. The van der Waals surface area contributed by atoms with Crippen LogP contribution in [0.25, 0.3) is 21.7 Å². The molecule has 158 valence electrons. The predicted molar refractivity (Wildman–Crippen MR) is 101 cm³/mol. The highest BCUT2D eigenvalue weighted by atomic mass is 16.7. The fraction of sp³-hybridized carbons (Fsp3) is 0.350. The summed E-state index contributed by atoms with van der Waals surface area (Å²) in [7, 11) is 0. The summed E-state index contributed by atoms with van der Waals surface area (Å²) in [6.07, 6.45) is -7.07. The molecule has 10 heteroatoms. The van der Waals surface area contributed by atoms with E-state index >= 15 is 0 Å². The quantitative estimate of drug-likeness (QED) is 0.334. The van der Waals surface area contributed by atoms with E-state index in [0.29, 0.717) is 27.7 Å². The molecule has 0 bridgehead atoms. The second kappa shape index (κ2) is 7.11. The molecular weight excluding hydrogens is 400 g/mol. The van der Waals surface area contributed by atoms with Gasteiger partial charge in [0.25, 0.3) is 0 Å². The van der Waals surface area contributed by atoms with E-state index in [1.54, 1.807) is 24.3 Å². The molecule has 0 saturated carbocycles. The van der Waals surface area contributed by atoms with E-state index in [-0.39, 0.29) is 18.1 Å². The zero-order chi connectivity index (χ0) is 21.0. The van der Waals surface area contributed by atoms with Crippen molar-refractivity contribution in [2.75, 3.05) is 13.4 Å². The molecule has 30 heavy (non-hydrogen) atoms. The minimum absolute atomic E-state index is 0.0501. The lowest BCUT2D eigenvalue weighted by Gasteiger charge is -2.39. The Morgan fingerprint density at radius 2 is 1.80 bits per heavy atom. The fourth-order valence-corrected chi connectivity index (χ4v) is 3.73. The number of aliphatic hydroxyl groups is 4. The smallest absolute Gasteiger partial charge is 0.344 e. The Morgan fingerprint density at radius 1 is 1.00 bits per heavy atom. The summed E-state index contributed by atoms with van der Waals surface area (Å²) in [6.45, 7) is -0.523. The minimum Gasteiger partial charge on any atom is -0.462 e. The Bertz CT molecular complexity index is 1170. The molecule has 0 radical (unpaired) electrons. The lowest BCUT2D eigenvalue weighted by atomic mass is 9.99. The van der Waals surface area contributed by atoms with Crippen molar-refractivity contribution in [2.45, 2.75) is 30.7 Å². The molecule has 5 atom stereocenters. The second-order valence-corrected chi connectivity index (χ2v) is 7.08. The molecule has 1 fully saturated rings. The first kappa shape index (κ1) is 19.1. The molecule has 2 aliphatic rings. The van der Waals surface area contributed by atoms with E-state index < -0.39 is 42.9 Å². The van der Waals surface area contributed by atoms with Crippen LogP contribution in [0.4, 0.5) is 0 Å². The van der Waals surface area contributed by atoms with Crippen LogP contribution in [0.15, 0.2) is 39.5 Å². The summed E-state index contributed by atoms with van der Waals surface area (Å²) in [5.41, 5.74) is -0.362. The molecule has 3 heterocycles. The summed E-state index contributed by atoms with van der Waals surface area (Å²) in [5, 5.41) is 40.7. The predicted octanol–water partition coefficient (Wildman–Crippen LogP) is -0.146. The first-order valence-electron chi connectivity index (χ1n) is 9.24. The van der Waals surface area contributed by atoms with Gasteiger partial charge in [0.05, 0.1) is 12.0 Å². The minimum atomic E-state index is -1.57. The molecule has 4 N–H and O–H groups in total. The summed E-state index contributed by atoms with van der Waals surface area (Å²) < 4.78 is 27.3. The van der Waals surface area contributed by atoms with E-state index in [1.807, 2.05) is 0 Å². The van der Waals surface area contributed by atoms with Crippen molar-refractivity contribution in [2.24, 2.45) is 0 Å². The number of hydrogen-bond acceptors (Lipinski definition) is 10. The van der Waals surface area contributed by atoms with Gasteiger partial charge in [0.2, 0.25) is 13.1 Å². The van der Waals surface area contributed by atoms with Crippen molar-refractivity contribution in [3.05, 3.63) is 40.8 Å². The average Bonchev–Trinajstić information content (AvgIpc) is 3.23. The van der Waals surface area contributed by atoms with Crippen LogP contribution in [0.3, 0.4) is 0 Å². The third kappa shape index (κ3) is 2.89. The SMILES string of the molecule is O=c1oc2cc(O[C@@H]3O[C@H](CO)[C@@H](O)[C@H](O)[C@H]3O)ccc2c2c3c(ccc12)OCO3. The lowest BCUT2D eigenvalue weighted by molar-refractivity contribution is -0.277. The van der Waals surface area contributed by atoms with Crippen molar-refractivity contribution in [3.8, 4) is 17.2 Å². The van der Waals surface area contributed by atoms with Crippen LogP contribution in [0.2, 0.25) is 0 Å². The van der Waals surface area contributed by atoms with Crippen LogP contribution in [0.5, 0.6) is 17.2 Å². The van der Waals surface area contributed by atoms with Gasteiger partial charge in [0.15, 0.2) is 11.5 Å². The zero-order valence-corrected chi connectivity index (χ0v) is 15.4. The number of aliphatic hydroxyl groups excluding tert-OH is 4. The average molecular weight is 418 g/mol. The van der Waals surface area contributed by atoms with Crippen molar-refractivity contribution in [1.29, 1.82) is 0 Å². The fourth-order valence-electron chi connectivity index (χ4n) is 3.73. The van der Waals surface area contributed by atoms with Crippen molar-refractivity contribution < 1.29 is 43.8 Å². The maximum absolute atomic E-state index is 12.4. The van der Waals surface area contributed by atoms with Gasteiger partial charge < -0.3 is 43.8 Å². The van der Waals surface area contributed by atoms with Gasteiger partial charge in [-0.2, -0.15) is 0 Å². The van der Waals surface area contributed by atoms with Gasteiger partial charge >= 0.3 is 5.63 Å². The van der Waals surface area contributed by atoms with E-state index in [9.17, 15) is 25.2 Å². The molecule has 1 saturated heterocycles. The standard InChI is InChI=1S/C20H18O10/c21-6-13-15(22)16(23)17(24)20(30-13)28-8-1-2-9-12(5-8)29-19(25)10-3-4-11-18(14(9)10)27-7-26-11/h1-5,13,15-17,20-24H,6-7H2/t13-,15-,16+,17-,20-/m1/s1. The van der Waals surface area contributed by atoms with Crippen molar-refractivity contribution >= 4 is 21.7 Å². The molecule has 5 rings (SSSR count). The van der Waals surface area contributed by atoms with Crippen LogP contribution in [0, 0.1) is 0 Å². The Kier molecular flexibility index (Phi) is 4.53. The van der Waals surface area contributed by atoms with E-state index in [1.165, 1.54) is 6.07 Å². The summed E-state index contributed by atoms with van der Waals surface area (Å²) >= 11 is 0. The van der Waals surface area contributed by atoms with Crippen molar-refractivity contribution in [3.63, 3.8) is 0 Å². The first-order chi connectivity index (χ1) is 14.5. The molecule has 1 aromatic heterocycles. The molecule has 0 spiro atoms. The molecular formula is C20H18O10. The van der Waals surface area contributed by atoms with Crippen LogP contribution in [0.1, 0.15) is 0 Å². The largest absolute Gasteiger partial charge is 0.462 e. The lowest BCUT2D eigenvalue weighted by Crippen LogP contribution is -2.60. The van der Waals surface area contributed by atoms with Gasteiger partial charge in [-0.15, -0.1) is 0 Å². The summed E-state index contributed by atoms with van der Waals surface area (Å²) in [6, 6.07) is 7.91. The van der Waals surface area contributed by atoms with Gasteiger partial charge in [0.1, 0.15) is 35.7 Å². The van der Waals surface area contributed by atoms with Crippen LogP contribution in [-0.4, -0.2) is 64.5 Å². The Hall–Kier alpha value is -2.89. The third-order valence-electron chi connectivity index (χ3n) is 5.28. The van der Waals surface area contributed by atoms with Crippen LogP contribution in [-0.2, 0) is 4.74 Å². The van der Waals surface area contributed by atoms with E-state index in [4.69, 9.17) is 23.4 Å². The number of benzene rings is 2. The monoisotopic (exact) mass is 418 g/mol. The molecule has 0 amide bonds. The van der Waals surface area contributed by atoms with Crippen LogP contribution >= 0.6 is 0 Å². The summed E-state index contributed by atoms with van der Waals surface area (Å²) in [5.74, 6) is 1.16. The highest BCUT2D eigenvalue weighted by molar-refractivity contribution is 6.09. The highest BCUT2D eigenvalue weighted by Crippen LogP contribution is 2.42. The highest BCUT2D eigenvalue weighted by Gasteiger charge is 2.44. The number of fused-ring (bicyclic) bond motifs is 5. The van der Waals surface area contributed by atoms with Gasteiger partial charge in [-0.25, -0.2) is 4.79 Å². The molecule has 0 aliphatic carbocycles. The van der Waals surface area contributed by atoms with Gasteiger partial charge in [-0.05, 0) is 24.3 Å². The number of ether oxygens (including phenoxy) is 4. The molecule has 10 nitrogen and oxygen atoms in total. The molecule has 2 aliphatic heterocycles. The van der Waals surface area contributed by atoms with Gasteiger partial charge in [0, 0.05) is 16.8 Å². The normalized spacial score (nSPS) is 28.2. The second-order valence-electron chi connectivity index (χ2n) is 7.08. The van der Waals surface area contributed by atoms with E-state index in [0.717, 1.165) is 0 Å². The third-order valence-corrected chi connectivity index (χ3v) is 5.28. The molecule has 3 aromatic rings. The van der Waals surface area contributed by atoms with Crippen LogP contribution < -0.4 is 19.8 Å². The number of rotatable bonds is 3. The number of hydrogen-bond donors (Lipinski definition) is 4. The van der Waals surface area contributed by atoms with E-state index in [2.05, 4.69) is 0 Å². The Morgan fingerprint density at radius 3 is 2.60 bits per heavy atom. The molecule has 0 unspecified atom stereocenters. The molecule has 2 aromatic carbocycles. The maximum atomic E-state index is 12.4. The maximum Gasteiger partial charge on any atom is 0.344 e. The van der Waals surface area contributed by atoms with Gasteiger partial charge in [-0.3, -0.25) is 0 Å². The Labute approximate surface area is 168 Å². The van der Waals surface area contributed by atoms with Gasteiger partial charge in [-0.1, -0.05) is 0 Å². The first-order valence-corrected chi connectivity index (χ1v) is 9.24.